The van der Waals surface area contributed by atoms with Crippen LogP contribution in [0.1, 0.15) is 15.4 Å². The van der Waals surface area contributed by atoms with Crippen molar-refractivity contribution in [3.8, 4) is 0 Å². The third kappa shape index (κ3) is 2.69. The molecular formula is C15H11NO2S2. The van der Waals surface area contributed by atoms with Crippen LogP contribution in [0.25, 0.3) is 10.2 Å². The van der Waals surface area contributed by atoms with Crippen LogP contribution in [0.4, 0.5) is 0 Å². The van der Waals surface area contributed by atoms with Crippen LogP contribution in [0.15, 0.2) is 53.4 Å². The van der Waals surface area contributed by atoms with Gasteiger partial charge in [-0.3, -0.25) is 0 Å². The molecule has 0 bridgehead atoms. The van der Waals surface area contributed by atoms with Crippen molar-refractivity contribution in [2.24, 2.45) is 0 Å². The van der Waals surface area contributed by atoms with Gasteiger partial charge in [0.05, 0.1) is 21.5 Å². The Labute approximate surface area is 124 Å². The molecule has 20 heavy (non-hydrogen) atoms. The summed E-state index contributed by atoms with van der Waals surface area (Å²) in [5, 5.41) is 10.2. The second kappa shape index (κ2) is 5.64. The van der Waals surface area contributed by atoms with E-state index < -0.39 is 5.97 Å². The fraction of sp³-hybridized carbons (Fsp3) is 0.0667. The van der Waals surface area contributed by atoms with E-state index in [9.17, 15) is 4.79 Å². The number of carboxylic acid groups (broad SMARTS) is 1. The monoisotopic (exact) mass is 301 g/mol. The summed E-state index contributed by atoms with van der Waals surface area (Å²) in [6, 6.07) is 15.1. The molecule has 1 aromatic heterocycles. The quantitative estimate of drug-likeness (QED) is 0.730. The van der Waals surface area contributed by atoms with Crippen molar-refractivity contribution >= 4 is 39.3 Å². The molecule has 0 saturated heterocycles. The average Bonchev–Trinajstić information content (AvgIpc) is 2.88. The summed E-state index contributed by atoms with van der Waals surface area (Å²) >= 11 is 3.16. The lowest BCUT2D eigenvalue weighted by molar-refractivity contribution is 0.0693. The number of thioether (sulfide) groups is 1. The van der Waals surface area contributed by atoms with Crippen LogP contribution in [-0.4, -0.2) is 16.1 Å². The van der Waals surface area contributed by atoms with Crippen molar-refractivity contribution in [1.29, 1.82) is 0 Å². The van der Waals surface area contributed by atoms with Gasteiger partial charge in [-0.2, -0.15) is 0 Å². The van der Waals surface area contributed by atoms with Gasteiger partial charge in [-0.25, -0.2) is 9.78 Å². The molecule has 0 aliphatic heterocycles. The lowest BCUT2D eigenvalue weighted by Gasteiger charge is -2.03. The molecule has 0 radical (unpaired) electrons. The summed E-state index contributed by atoms with van der Waals surface area (Å²) in [5.41, 5.74) is 1.35. The van der Waals surface area contributed by atoms with Crippen LogP contribution in [0.5, 0.6) is 0 Å². The van der Waals surface area contributed by atoms with E-state index in [1.165, 1.54) is 11.8 Å². The Balaban J connectivity index is 1.81. The van der Waals surface area contributed by atoms with Gasteiger partial charge in [0.1, 0.15) is 5.01 Å². The minimum Gasteiger partial charge on any atom is -0.478 e. The molecule has 0 amide bonds. The SMILES string of the molecule is O=C(O)c1ccccc1SCc1nc2ccccc2s1. The van der Waals surface area contributed by atoms with Crippen LogP contribution < -0.4 is 0 Å². The van der Waals surface area contributed by atoms with Crippen LogP contribution in [0.2, 0.25) is 0 Å². The molecule has 0 fully saturated rings. The van der Waals surface area contributed by atoms with E-state index in [4.69, 9.17) is 5.11 Å². The Morgan fingerprint density at radius 3 is 2.70 bits per heavy atom. The summed E-state index contributed by atoms with van der Waals surface area (Å²) in [6.45, 7) is 0. The number of rotatable bonds is 4. The second-order valence-corrected chi connectivity index (χ2v) is 6.30. The summed E-state index contributed by atoms with van der Waals surface area (Å²) < 4.78 is 1.16. The number of aromatic carboxylic acids is 1. The van der Waals surface area contributed by atoms with E-state index in [0.29, 0.717) is 11.3 Å². The minimum atomic E-state index is -0.891. The lowest BCUT2D eigenvalue weighted by atomic mass is 10.2. The van der Waals surface area contributed by atoms with E-state index >= 15 is 0 Å². The molecule has 100 valence electrons. The van der Waals surface area contributed by atoms with Gasteiger partial charge in [0.25, 0.3) is 0 Å². The van der Waals surface area contributed by atoms with Crippen molar-refractivity contribution in [2.75, 3.05) is 0 Å². The van der Waals surface area contributed by atoms with Gasteiger partial charge in [-0.15, -0.1) is 23.1 Å². The molecule has 0 aliphatic rings. The molecule has 0 unspecified atom stereocenters. The molecular weight excluding hydrogens is 290 g/mol. The summed E-state index contributed by atoms with van der Waals surface area (Å²) in [4.78, 5) is 16.5. The number of fused-ring (bicyclic) bond motifs is 1. The van der Waals surface area contributed by atoms with Crippen molar-refractivity contribution in [3.05, 3.63) is 59.1 Å². The Morgan fingerprint density at radius 1 is 1.15 bits per heavy atom. The van der Waals surface area contributed by atoms with Gasteiger partial charge in [0.15, 0.2) is 0 Å². The predicted octanol–water partition coefficient (Wildman–Crippen LogP) is 4.29. The summed E-state index contributed by atoms with van der Waals surface area (Å²) in [5.74, 6) is -0.207. The number of carbonyl (C=O) groups is 1. The first-order valence-electron chi connectivity index (χ1n) is 6.03. The van der Waals surface area contributed by atoms with Gasteiger partial charge in [0, 0.05) is 4.90 Å². The predicted molar refractivity (Wildman–Crippen MR) is 82.6 cm³/mol. The average molecular weight is 301 g/mol. The molecule has 3 aromatic rings. The van der Waals surface area contributed by atoms with Gasteiger partial charge in [-0.1, -0.05) is 24.3 Å². The molecule has 0 saturated carbocycles. The molecule has 1 heterocycles. The highest BCUT2D eigenvalue weighted by atomic mass is 32.2. The van der Waals surface area contributed by atoms with Crippen LogP contribution in [0.3, 0.4) is 0 Å². The van der Waals surface area contributed by atoms with Crippen LogP contribution in [-0.2, 0) is 5.75 Å². The standard InChI is InChI=1S/C15H11NO2S2/c17-15(18)10-5-1-3-7-12(10)19-9-14-16-11-6-2-4-8-13(11)20-14/h1-8H,9H2,(H,17,18). The topological polar surface area (TPSA) is 50.2 Å². The van der Waals surface area contributed by atoms with E-state index in [1.807, 2.05) is 36.4 Å². The van der Waals surface area contributed by atoms with E-state index in [0.717, 1.165) is 20.1 Å². The number of thiazole rings is 1. The number of hydrogen-bond donors (Lipinski definition) is 1. The van der Waals surface area contributed by atoms with Crippen molar-refractivity contribution in [1.82, 2.24) is 4.98 Å². The fourth-order valence-corrected chi connectivity index (χ4v) is 3.89. The van der Waals surface area contributed by atoms with Crippen molar-refractivity contribution < 1.29 is 9.90 Å². The fourth-order valence-electron chi connectivity index (χ4n) is 1.89. The third-order valence-corrected chi connectivity index (χ3v) is 5.11. The maximum atomic E-state index is 11.1. The molecule has 2 aromatic carbocycles. The number of nitrogens with zero attached hydrogens (tertiary/aromatic N) is 1. The number of hydrogen-bond acceptors (Lipinski definition) is 4. The van der Waals surface area contributed by atoms with E-state index in [-0.39, 0.29) is 0 Å². The smallest absolute Gasteiger partial charge is 0.336 e. The first kappa shape index (κ1) is 13.1. The Kier molecular flexibility index (Phi) is 3.71. The molecule has 0 atom stereocenters. The molecule has 0 aliphatic carbocycles. The summed E-state index contributed by atoms with van der Waals surface area (Å²) in [6.07, 6.45) is 0. The van der Waals surface area contributed by atoms with Crippen LogP contribution >= 0.6 is 23.1 Å². The van der Waals surface area contributed by atoms with Crippen molar-refractivity contribution in [3.63, 3.8) is 0 Å². The Bertz CT molecular complexity index is 734. The first-order valence-corrected chi connectivity index (χ1v) is 7.84. The maximum absolute atomic E-state index is 11.1. The minimum absolute atomic E-state index is 0.346. The van der Waals surface area contributed by atoms with Crippen LogP contribution in [0, 0.1) is 0 Å². The Morgan fingerprint density at radius 2 is 1.90 bits per heavy atom. The largest absolute Gasteiger partial charge is 0.478 e. The molecule has 1 N–H and O–H groups in total. The van der Waals surface area contributed by atoms with Crippen molar-refractivity contribution in [2.45, 2.75) is 10.6 Å². The van der Waals surface area contributed by atoms with Gasteiger partial charge in [-0.05, 0) is 24.3 Å². The molecule has 0 spiro atoms. The molecule has 3 rings (SSSR count). The highest BCUT2D eigenvalue weighted by molar-refractivity contribution is 7.98. The zero-order chi connectivity index (χ0) is 13.9. The Hall–Kier alpha value is -1.85. The zero-order valence-corrected chi connectivity index (χ0v) is 12.1. The number of carboxylic acids is 1. The third-order valence-electron chi connectivity index (χ3n) is 2.81. The lowest BCUT2D eigenvalue weighted by Crippen LogP contribution is -1.98. The summed E-state index contributed by atoms with van der Waals surface area (Å²) in [7, 11) is 0. The van der Waals surface area contributed by atoms with Gasteiger partial charge < -0.3 is 5.11 Å². The van der Waals surface area contributed by atoms with E-state index in [1.54, 1.807) is 23.5 Å². The van der Waals surface area contributed by atoms with Gasteiger partial charge in [0.2, 0.25) is 0 Å². The first-order chi connectivity index (χ1) is 9.74. The maximum Gasteiger partial charge on any atom is 0.336 e. The normalized spacial score (nSPS) is 10.8. The number of para-hydroxylation sites is 1. The van der Waals surface area contributed by atoms with E-state index in [2.05, 4.69) is 4.98 Å². The molecule has 3 nitrogen and oxygen atoms in total. The highest BCUT2D eigenvalue weighted by Gasteiger charge is 2.10. The highest BCUT2D eigenvalue weighted by Crippen LogP contribution is 2.30. The second-order valence-electron chi connectivity index (χ2n) is 4.17. The number of benzene rings is 2. The van der Waals surface area contributed by atoms with Gasteiger partial charge >= 0.3 is 5.97 Å². The molecule has 5 heteroatoms. The number of aromatic nitrogens is 1. The zero-order valence-electron chi connectivity index (χ0n) is 10.4.